The lowest BCUT2D eigenvalue weighted by Crippen LogP contribution is -2.33. The normalized spacial score (nSPS) is 16.7. The molecule has 168 valence electrons. The molecule has 3 rings (SSSR count). The SMILES string of the molecule is CCOc1ccc(CCCNC(=O)c2ccc(CN3CCC[C@@H](C)C3)cc2)cc1OC. The fourth-order valence-electron chi connectivity index (χ4n) is 4.19. The van der Waals surface area contributed by atoms with Crippen molar-refractivity contribution in [3.8, 4) is 11.5 Å². The molecular weight excluding hydrogens is 388 g/mol. The highest BCUT2D eigenvalue weighted by atomic mass is 16.5. The second kappa shape index (κ2) is 11.8. The summed E-state index contributed by atoms with van der Waals surface area (Å²) in [6.07, 6.45) is 4.36. The molecule has 1 N–H and O–H groups in total. The Morgan fingerprint density at radius 1 is 1.13 bits per heavy atom. The van der Waals surface area contributed by atoms with Crippen molar-refractivity contribution in [2.75, 3.05) is 33.4 Å². The second-order valence-electron chi connectivity index (χ2n) is 8.46. The molecule has 1 aliphatic rings. The average Bonchev–Trinajstić information content (AvgIpc) is 2.78. The quantitative estimate of drug-likeness (QED) is 0.562. The second-order valence-corrected chi connectivity index (χ2v) is 8.46. The lowest BCUT2D eigenvalue weighted by molar-refractivity contribution is 0.0953. The molecule has 0 aromatic heterocycles. The van der Waals surface area contributed by atoms with E-state index in [1.807, 2.05) is 31.2 Å². The number of aryl methyl sites for hydroxylation is 1. The van der Waals surface area contributed by atoms with Crippen molar-refractivity contribution in [2.45, 2.75) is 46.1 Å². The molecule has 0 spiro atoms. The Hall–Kier alpha value is -2.53. The van der Waals surface area contributed by atoms with Gasteiger partial charge in [0.05, 0.1) is 13.7 Å². The van der Waals surface area contributed by atoms with Gasteiger partial charge >= 0.3 is 0 Å². The van der Waals surface area contributed by atoms with E-state index >= 15 is 0 Å². The Morgan fingerprint density at radius 3 is 2.61 bits per heavy atom. The number of hydrogen-bond donors (Lipinski definition) is 1. The molecule has 0 aliphatic carbocycles. The van der Waals surface area contributed by atoms with E-state index in [9.17, 15) is 4.79 Å². The van der Waals surface area contributed by atoms with Crippen molar-refractivity contribution in [1.29, 1.82) is 0 Å². The molecular formula is C26H36N2O3. The van der Waals surface area contributed by atoms with Crippen LogP contribution in [0.3, 0.4) is 0 Å². The van der Waals surface area contributed by atoms with E-state index in [4.69, 9.17) is 9.47 Å². The molecule has 1 saturated heterocycles. The van der Waals surface area contributed by atoms with Crippen LogP contribution in [0.4, 0.5) is 0 Å². The lowest BCUT2D eigenvalue weighted by atomic mass is 9.99. The number of likely N-dealkylation sites (tertiary alicyclic amines) is 1. The predicted octanol–water partition coefficient (Wildman–Crippen LogP) is 4.69. The van der Waals surface area contributed by atoms with Crippen LogP contribution in [0.2, 0.25) is 0 Å². The number of carbonyl (C=O) groups excluding carboxylic acids is 1. The number of piperidine rings is 1. The van der Waals surface area contributed by atoms with E-state index in [1.165, 1.54) is 37.1 Å². The first-order chi connectivity index (χ1) is 15.1. The summed E-state index contributed by atoms with van der Waals surface area (Å²) in [7, 11) is 1.65. The summed E-state index contributed by atoms with van der Waals surface area (Å²) >= 11 is 0. The zero-order chi connectivity index (χ0) is 22.1. The van der Waals surface area contributed by atoms with Crippen molar-refractivity contribution in [3.63, 3.8) is 0 Å². The zero-order valence-corrected chi connectivity index (χ0v) is 19.2. The Balaban J connectivity index is 1.42. The maximum atomic E-state index is 12.5. The van der Waals surface area contributed by atoms with Gasteiger partial charge < -0.3 is 14.8 Å². The third-order valence-corrected chi connectivity index (χ3v) is 5.82. The Bertz CT molecular complexity index is 835. The van der Waals surface area contributed by atoms with Gasteiger partial charge in [-0.2, -0.15) is 0 Å². The zero-order valence-electron chi connectivity index (χ0n) is 19.2. The Kier molecular flexibility index (Phi) is 8.77. The highest BCUT2D eigenvalue weighted by Crippen LogP contribution is 2.28. The topological polar surface area (TPSA) is 50.8 Å². The predicted molar refractivity (Wildman–Crippen MR) is 125 cm³/mol. The molecule has 0 radical (unpaired) electrons. The van der Waals surface area contributed by atoms with Crippen LogP contribution in [0, 0.1) is 5.92 Å². The maximum absolute atomic E-state index is 12.5. The molecule has 1 amide bonds. The van der Waals surface area contributed by atoms with Crippen LogP contribution >= 0.6 is 0 Å². The molecule has 0 unspecified atom stereocenters. The molecule has 31 heavy (non-hydrogen) atoms. The highest BCUT2D eigenvalue weighted by molar-refractivity contribution is 5.94. The Morgan fingerprint density at radius 2 is 1.90 bits per heavy atom. The standard InChI is InChI=1S/C26H36N2O3/c1-4-31-24-14-11-21(17-25(24)30-3)8-5-15-27-26(29)23-12-9-22(10-13-23)19-28-16-6-7-20(2)18-28/h9-14,17,20H,4-8,15-16,18-19H2,1-3H3,(H,27,29)/t20-/m1/s1. The van der Waals surface area contributed by atoms with Gasteiger partial charge in [0.1, 0.15) is 0 Å². The summed E-state index contributed by atoms with van der Waals surface area (Å²) in [6, 6.07) is 14.1. The summed E-state index contributed by atoms with van der Waals surface area (Å²) < 4.78 is 11.0. The summed E-state index contributed by atoms with van der Waals surface area (Å²) in [4.78, 5) is 15.0. The van der Waals surface area contributed by atoms with Gasteiger partial charge in [-0.1, -0.05) is 25.1 Å². The third-order valence-electron chi connectivity index (χ3n) is 5.82. The van der Waals surface area contributed by atoms with E-state index < -0.39 is 0 Å². The maximum Gasteiger partial charge on any atom is 0.251 e. The van der Waals surface area contributed by atoms with Gasteiger partial charge in [0.25, 0.3) is 5.91 Å². The molecule has 1 heterocycles. The largest absolute Gasteiger partial charge is 0.493 e. The van der Waals surface area contributed by atoms with Crippen molar-refractivity contribution in [2.24, 2.45) is 5.92 Å². The van der Waals surface area contributed by atoms with Gasteiger partial charge in [-0.05, 0) is 80.5 Å². The Labute approximate surface area is 186 Å². The number of nitrogens with one attached hydrogen (secondary N) is 1. The monoisotopic (exact) mass is 424 g/mol. The number of nitrogens with zero attached hydrogens (tertiary/aromatic N) is 1. The van der Waals surface area contributed by atoms with Crippen LogP contribution in [-0.4, -0.2) is 44.2 Å². The van der Waals surface area contributed by atoms with Crippen LogP contribution < -0.4 is 14.8 Å². The number of rotatable bonds is 10. The van der Waals surface area contributed by atoms with Gasteiger partial charge in [0, 0.05) is 25.2 Å². The van der Waals surface area contributed by atoms with E-state index in [0.29, 0.717) is 13.2 Å². The molecule has 5 heteroatoms. The minimum absolute atomic E-state index is 0.0116. The summed E-state index contributed by atoms with van der Waals surface area (Å²) in [5, 5.41) is 3.03. The van der Waals surface area contributed by atoms with Crippen molar-refractivity contribution >= 4 is 5.91 Å². The van der Waals surface area contributed by atoms with Crippen molar-refractivity contribution < 1.29 is 14.3 Å². The number of amides is 1. The summed E-state index contributed by atoms with van der Waals surface area (Å²) in [5.74, 6) is 2.28. The van der Waals surface area contributed by atoms with Gasteiger partial charge in [-0.25, -0.2) is 0 Å². The average molecular weight is 425 g/mol. The van der Waals surface area contributed by atoms with E-state index in [-0.39, 0.29) is 5.91 Å². The molecule has 1 fully saturated rings. The smallest absolute Gasteiger partial charge is 0.251 e. The van der Waals surface area contributed by atoms with Crippen LogP contribution in [0.5, 0.6) is 11.5 Å². The molecule has 0 saturated carbocycles. The highest BCUT2D eigenvalue weighted by Gasteiger charge is 2.16. The number of benzene rings is 2. The first kappa shape index (κ1) is 23.1. The van der Waals surface area contributed by atoms with Crippen LogP contribution in [0.1, 0.15) is 54.6 Å². The molecule has 2 aromatic carbocycles. The first-order valence-corrected chi connectivity index (χ1v) is 11.5. The summed E-state index contributed by atoms with van der Waals surface area (Å²) in [6.45, 7) is 8.85. The third kappa shape index (κ3) is 7.00. The molecule has 1 atom stereocenters. The molecule has 5 nitrogen and oxygen atoms in total. The lowest BCUT2D eigenvalue weighted by Gasteiger charge is -2.30. The van der Waals surface area contributed by atoms with Crippen LogP contribution in [-0.2, 0) is 13.0 Å². The van der Waals surface area contributed by atoms with Crippen LogP contribution in [0.15, 0.2) is 42.5 Å². The first-order valence-electron chi connectivity index (χ1n) is 11.5. The van der Waals surface area contributed by atoms with E-state index in [2.05, 4.69) is 35.3 Å². The minimum Gasteiger partial charge on any atom is -0.493 e. The molecule has 0 bridgehead atoms. The fraction of sp³-hybridized carbons (Fsp3) is 0.500. The summed E-state index contributed by atoms with van der Waals surface area (Å²) in [5.41, 5.74) is 3.17. The van der Waals surface area contributed by atoms with E-state index in [1.54, 1.807) is 7.11 Å². The van der Waals surface area contributed by atoms with Gasteiger partial charge in [0.2, 0.25) is 0 Å². The minimum atomic E-state index is -0.0116. The number of carbonyl (C=O) groups is 1. The number of methoxy groups -OCH3 is 1. The van der Waals surface area contributed by atoms with Gasteiger partial charge in [-0.3, -0.25) is 9.69 Å². The van der Waals surface area contributed by atoms with Crippen molar-refractivity contribution in [1.82, 2.24) is 10.2 Å². The van der Waals surface area contributed by atoms with E-state index in [0.717, 1.165) is 42.4 Å². The number of ether oxygens (including phenoxy) is 2. The van der Waals surface area contributed by atoms with Gasteiger partial charge in [-0.15, -0.1) is 0 Å². The van der Waals surface area contributed by atoms with Crippen LogP contribution in [0.25, 0.3) is 0 Å². The number of hydrogen-bond acceptors (Lipinski definition) is 4. The fourth-order valence-corrected chi connectivity index (χ4v) is 4.19. The van der Waals surface area contributed by atoms with Crippen molar-refractivity contribution in [3.05, 3.63) is 59.2 Å². The van der Waals surface area contributed by atoms with Gasteiger partial charge in [0.15, 0.2) is 11.5 Å². The molecule has 2 aromatic rings. The molecule has 1 aliphatic heterocycles.